The van der Waals surface area contributed by atoms with Gasteiger partial charge in [-0.3, -0.25) is 9.59 Å². The van der Waals surface area contributed by atoms with Gasteiger partial charge in [0.25, 0.3) is 11.8 Å². The second kappa shape index (κ2) is 13.2. The molecule has 9 heteroatoms. The highest BCUT2D eigenvalue weighted by molar-refractivity contribution is 5.99. The highest BCUT2D eigenvalue weighted by Crippen LogP contribution is 2.14. The summed E-state index contributed by atoms with van der Waals surface area (Å²) in [6.07, 6.45) is -1.06. The molecule has 1 heterocycles. The third kappa shape index (κ3) is 7.67. The fourth-order valence-electron chi connectivity index (χ4n) is 4.36. The zero-order chi connectivity index (χ0) is 26.9. The number of carbonyl (C=O) groups is 2. The Labute approximate surface area is 220 Å². The van der Waals surface area contributed by atoms with Crippen molar-refractivity contribution in [3.05, 3.63) is 107 Å². The Morgan fingerprint density at radius 2 is 1.58 bits per heavy atom. The first kappa shape index (κ1) is 27.4. The minimum Gasteiger partial charge on any atom is -0.390 e. The van der Waals surface area contributed by atoms with Crippen LogP contribution < -0.4 is 10.6 Å². The number of benzene rings is 3. The second-order valence-electron chi connectivity index (χ2n) is 9.23. The van der Waals surface area contributed by atoms with Crippen molar-refractivity contribution < 1.29 is 28.2 Å². The Balaban J connectivity index is 1.47. The minimum absolute atomic E-state index is 0.000995. The normalized spacial score (nSPS) is 15.1. The van der Waals surface area contributed by atoms with Gasteiger partial charge in [-0.25, -0.2) is 8.78 Å². The van der Waals surface area contributed by atoms with Gasteiger partial charge in [-0.15, -0.1) is 0 Å². The van der Waals surface area contributed by atoms with E-state index in [1.165, 1.54) is 18.2 Å². The molecule has 3 aromatic rings. The van der Waals surface area contributed by atoms with Crippen LogP contribution in [0.3, 0.4) is 0 Å². The lowest BCUT2D eigenvalue weighted by Gasteiger charge is -2.27. The van der Waals surface area contributed by atoms with Crippen molar-refractivity contribution in [1.82, 2.24) is 15.5 Å². The fraction of sp³-hybridized carbons (Fsp3) is 0.310. The molecule has 0 bridgehead atoms. The van der Waals surface area contributed by atoms with Gasteiger partial charge in [-0.05, 0) is 47.9 Å². The summed E-state index contributed by atoms with van der Waals surface area (Å²) in [6, 6.07) is 18.2. The number of morpholine rings is 1. The van der Waals surface area contributed by atoms with Gasteiger partial charge in [-0.1, -0.05) is 36.4 Å². The monoisotopic (exact) mass is 523 g/mol. The molecule has 0 radical (unpaired) electrons. The number of nitrogens with zero attached hydrogens (tertiary/aromatic N) is 1. The molecule has 3 N–H and O–H groups in total. The first-order valence-electron chi connectivity index (χ1n) is 12.5. The number of aliphatic hydroxyl groups is 1. The maximum absolute atomic E-state index is 13.8. The van der Waals surface area contributed by atoms with Gasteiger partial charge in [0.2, 0.25) is 0 Å². The van der Waals surface area contributed by atoms with E-state index in [1.54, 1.807) is 23.1 Å². The second-order valence-corrected chi connectivity index (χ2v) is 9.23. The third-order valence-electron chi connectivity index (χ3n) is 6.35. The van der Waals surface area contributed by atoms with E-state index in [2.05, 4.69) is 10.6 Å². The van der Waals surface area contributed by atoms with Crippen molar-refractivity contribution in [3.63, 3.8) is 0 Å². The number of amides is 2. The Kier molecular flexibility index (Phi) is 9.53. The molecular weight excluding hydrogens is 492 g/mol. The Morgan fingerprint density at radius 3 is 2.29 bits per heavy atom. The van der Waals surface area contributed by atoms with Crippen molar-refractivity contribution >= 4 is 11.8 Å². The van der Waals surface area contributed by atoms with Crippen LogP contribution in [0.1, 0.15) is 31.8 Å². The van der Waals surface area contributed by atoms with Crippen LogP contribution in [0.5, 0.6) is 0 Å². The van der Waals surface area contributed by atoms with Crippen LogP contribution in [-0.4, -0.2) is 66.8 Å². The minimum atomic E-state index is -1.06. The summed E-state index contributed by atoms with van der Waals surface area (Å²) in [5.74, 6) is -2.18. The molecule has 2 amide bonds. The first-order valence-corrected chi connectivity index (χ1v) is 12.5. The summed E-state index contributed by atoms with van der Waals surface area (Å²) >= 11 is 0. The molecule has 1 aliphatic heterocycles. The van der Waals surface area contributed by atoms with E-state index in [-0.39, 0.29) is 24.4 Å². The number of ether oxygens (including phenoxy) is 1. The van der Waals surface area contributed by atoms with Gasteiger partial charge >= 0.3 is 0 Å². The maximum atomic E-state index is 13.8. The molecule has 1 aliphatic rings. The highest BCUT2D eigenvalue weighted by atomic mass is 19.1. The van der Waals surface area contributed by atoms with E-state index in [4.69, 9.17) is 4.74 Å². The van der Waals surface area contributed by atoms with E-state index < -0.39 is 29.7 Å². The average molecular weight is 524 g/mol. The molecule has 1 fully saturated rings. The summed E-state index contributed by atoms with van der Waals surface area (Å²) in [7, 11) is 0. The predicted molar refractivity (Wildman–Crippen MR) is 139 cm³/mol. The average Bonchev–Trinajstić information content (AvgIpc) is 2.93. The van der Waals surface area contributed by atoms with E-state index in [9.17, 15) is 23.5 Å². The van der Waals surface area contributed by atoms with Gasteiger partial charge in [-0.2, -0.15) is 0 Å². The number of aliphatic hydroxyl groups excluding tert-OH is 1. The van der Waals surface area contributed by atoms with E-state index in [0.717, 1.165) is 11.6 Å². The lowest BCUT2D eigenvalue weighted by Crippen LogP contribution is -2.48. The number of hydrogen-bond acceptors (Lipinski definition) is 5. The smallest absolute Gasteiger partial charge is 0.254 e. The summed E-state index contributed by atoms with van der Waals surface area (Å²) in [4.78, 5) is 27.7. The molecule has 0 unspecified atom stereocenters. The topological polar surface area (TPSA) is 90.9 Å². The Morgan fingerprint density at radius 1 is 0.895 bits per heavy atom. The van der Waals surface area contributed by atoms with Crippen LogP contribution in [0, 0.1) is 11.6 Å². The van der Waals surface area contributed by atoms with Crippen molar-refractivity contribution in [2.45, 2.75) is 25.1 Å². The SMILES string of the molecule is O=C(N[C@@H](Cc1cc(F)cc(F)c1)[C@@H](O)CNCc1ccccc1)c1cccc(C(=O)N2CCOCC2)c1. The molecular formula is C29H31F2N3O4. The molecule has 2 atom stereocenters. The van der Waals surface area contributed by atoms with Gasteiger partial charge < -0.3 is 25.4 Å². The van der Waals surface area contributed by atoms with Crippen LogP contribution in [0.4, 0.5) is 8.78 Å². The molecule has 3 aromatic carbocycles. The van der Waals surface area contributed by atoms with E-state index >= 15 is 0 Å². The number of rotatable bonds is 10. The molecule has 200 valence electrons. The number of nitrogens with one attached hydrogen (secondary N) is 2. The summed E-state index contributed by atoms with van der Waals surface area (Å²) in [5.41, 5.74) is 1.93. The summed E-state index contributed by atoms with van der Waals surface area (Å²) in [5, 5.41) is 16.9. The fourth-order valence-corrected chi connectivity index (χ4v) is 4.36. The quantitative estimate of drug-likeness (QED) is 0.380. The zero-order valence-corrected chi connectivity index (χ0v) is 20.9. The molecule has 1 saturated heterocycles. The van der Waals surface area contributed by atoms with E-state index in [0.29, 0.717) is 44.0 Å². The molecule has 0 saturated carbocycles. The van der Waals surface area contributed by atoms with Crippen LogP contribution in [0.15, 0.2) is 72.8 Å². The highest BCUT2D eigenvalue weighted by Gasteiger charge is 2.24. The maximum Gasteiger partial charge on any atom is 0.254 e. The molecule has 38 heavy (non-hydrogen) atoms. The van der Waals surface area contributed by atoms with Crippen LogP contribution in [0.2, 0.25) is 0 Å². The zero-order valence-electron chi connectivity index (χ0n) is 20.9. The van der Waals surface area contributed by atoms with Gasteiger partial charge in [0.1, 0.15) is 11.6 Å². The Bertz CT molecular complexity index is 1220. The number of carbonyl (C=O) groups excluding carboxylic acids is 2. The molecule has 4 rings (SSSR count). The van der Waals surface area contributed by atoms with Gasteiger partial charge in [0.05, 0.1) is 25.4 Å². The van der Waals surface area contributed by atoms with Crippen LogP contribution in [0.25, 0.3) is 0 Å². The van der Waals surface area contributed by atoms with Crippen molar-refractivity contribution in [1.29, 1.82) is 0 Å². The van der Waals surface area contributed by atoms with Crippen molar-refractivity contribution in [2.75, 3.05) is 32.8 Å². The number of hydrogen-bond donors (Lipinski definition) is 3. The van der Waals surface area contributed by atoms with E-state index in [1.807, 2.05) is 30.3 Å². The molecule has 0 spiro atoms. The van der Waals surface area contributed by atoms with Crippen molar-refractivity contribution in [2.24, 2.45) is 0 Å². The van der Waals surface area contributed by atoms with Gasteiger partial charge in [0, 0.05) is 43.4 Å². The lowest BCUT2D eigenvalue weighted by atomic mass is 9.99. The largest absolute Gasteiger partial charge is 0.390 e. The van der Waals surface area contributed by atoms with Crippen LogP contribution >= 0.6 is 0 Å². The van der Waals surface area contributed by atoms with Crippen molar-refractivity contribution in [3.8, 4) is 0 Å². The lowest BCUT2D eigenvalue weighted by molar-refractivity contribution is 0.0303. The number of halogens is 2. The Hall–Kier alpha value is -3.66. The standard InChI is InChI=1S/C29H31F2N3O4/c30-24-13-21(14-25(31)17-24)15-26(27(35)19-32-18-20-5-2-1-3-6-20)33-28(36)22-7-4-8-23(16-22)29(37)34-9-11-38-12-10-34/h1-8,13-14,16-17,26-27,32,35H,9-12,15,18-19H2,(H,33,36)/t26-,27-/m0/s1. The van der Waals surface area contributed by atoms with Gasteiger partial charge in [0.15, 0.2) is 0 Å². The first-order chi connectivity index (χ1) is 18.4. The molecule has 0 aromatic heterocycles. The third-order valence-corrected chi connectivity index (χ3v) is 6.35. The molecule has 7 nitrogen and oxygen atoms in total. The predicted octanol–water partition coefficient (Wildman–Crippen LogP) is 2.93. The summed E-state index contributed by atoms with van der Waals surface area (Å²) in [6.45, 7) is 2.51. The van der Waals surface area contributed by atoms with Crippen LogP contribution in [-0.2, 0) is 17.7 Å². The molecule has 0 aliphatic carbocycles. The summed E-state index contributed by atoms with van der Waals surface area (Å²) < 4.78 is 32.9.